The van der Waals surface area contributed by atoms with Gasteiger partial charge in [0.25, 0.3) is 0 Å². The van der Waals surface area contributed by atoms with Crippen LogP contribution >= 0.6 is 0 Å². The number of nitrogens with zero attached hydrogens (tertiary/aromatic N) is 1. The number of hydrogen-bond donors (Lipinski definition) is 1. The van der Waals surface area contributed by atoms with Crippen molar-refractivity contribution in [1.82, 2.24) is 0 Å². The van der Waals surface area contributed by atoms with Gasteiger partial charge in [0, 0.05) is 0 Å². The summed E-state index contributed by atoms with van der Waals surface area (Å²) in [5.74, 6) is 0. The second-order valence-electron chi connectivity index (χ2n) is 4.02. The van der Waals surface area contributed by atoms with Gasteiger partial charge in [-0.3, -0.25) is 0 Å². The molecular formula is C12H17NO. The molecule has 0 unspecified atom stereocenters. The van der Waals surface area contributed by atoms with Crippen LogP contribution in [0, 0.1) is 16.7 Å². The van der Waals surface area contributed by atoms with Gasteiger partial charge in [-0.1, -0.05) is 25.0 Å². The summed E-state index contributed by atoms with van der Waals surface area (Å²) in [5.41, 5.74) is -1.73. The van der Waals surface area contributed by atoms with E-state index in [1.54, 1.807) is 6.08 Å². The van der Waals surface area contributed by atoms with Gasteiger partial charge >= 0.3 is 0 Å². The van der Waals surface area contributed by atoms with Crippen molar-refractivity contribution in [2.24, 2.45) is 5.41 Å². The van der Waals surface area contributed by atoms with Gasteiger partial charge in [-0.05, 0) is 19.3 Å². The molecule has 1 N–H and O–H groups in total. The molecule has 76 valence electrons. The quantitative estimate of drug-likeness (QED) is 0.697. The molecular weight excluding hydrogens is 174 g/mol. The Hall–Kier alpha value is -1.07. The fourth-order valence-electron chi connectivity index (χ4n) is 2.30. The lowest BCUT2D eigenvalue weighted by Crippen LogP contribution is -2.48. The molecule has 1 saturated carbocycles. The van der Waals surface area contributed by atoms with Crippen LogP contribution in [0.1, 0.15) is 32.1 Å². The molecule has 0 bridgehead atoms. The van der Waals surface area contributed by atoms with E-state index >= 15 is 0 Å². The van der Waals surface area contributed by atoms with E-state index in [1.807, 2.05) is 0 Å². The van der Waals surface area contributed by atoms with Crippen LogP contribution in [0.2, 0.25) is 0 Å². The molecule has 0 aromatic carbocycles. The third-order valence-corrected chi connectivity index (χ3v) is 3.28. The van der Waals surface area contributed by atoms with E-state index in [0.29, 0.717) is 12.8 Å². The Morgan fingerprint density at radius 2 is 2.00 bits per heavy atom. The van der Waals surface area contributed by atoms with Crippen LogP contribution in [-0.2, 0) is 0 Å². The van der Waals surface area contributed by atoms with E-state index in [9.17, 15) is 10.4 Å². The summed E-state index contributed by atoms with van der Waals surface area (Å²) in [6.45, 7) is 7.30. The van der Waals surface area contributed by atoms with Crippen molar-refractivity contribution >= 4 is 0 Å². The molecule has 0 amide bonds. The summed E-state index contributed by atoms with van der Waals surface area (Å²) in [7, 11) is 0. The van der Waals surface area contributed by atoms with Crippen LogP contribution in [-0.4, -0.2) is 10.7 Å². The molecule has 0 radical (unpaired) electrons. The molecule has 0 spiro atoms. The van der Waals surface area contributed by atoms with Crippen LogP contribution < -0.4 is 0 Å². The molecule has 0 aromatic heterocycles. The maximum absolute atomic E-state index is 10.3. The zero-order chi connectivity index (χ0) is 10.7. The molecule has 0 saturated heterocycles. The molecule has 0 heterocycles. The minimum Gasteiger partial charge on any atom is -0.384 e. The zero-order valence-corrected chi connectivity index (χ0v) is 8.50. The predicted octanol–water partition coefficient (Wildman–Crippen LogP) is 2.56. The first-order valence-electron chi connectivity index (χ1n) is 5.02. The number of allylic oxidation sites excluding steroid dienone is 1. The van der Waals surface area contributed by atoms with Crippen molar-refractivity contribution < 1.29 is 5.11 Å². The Labute approximate surface area is 85.6 Å². The van der Waals surface area contributed by atoms with Crippen LogP contribution in [0.15, 0.2) is 25.3 Å². The lowest BCUT2D eigenvalue weighted by atomic mass is 9.62. The van der Waals surface area contributed by atoms with Gasteiger partial charge < -0.3 is 5.11 Å². The maximum atomic E-state index is 10.3. The number of hydrogen-bond acceptors (Lipinski definition) is 2. The summed E-state index contributed by atoms with van der Waals surface area (Å²) < 4.78 is 0. The van der Waals surface area contributed by atoms with Gasteiger partial charge in [0.15, 0.2) is 0 Å². The van der Waals surface area contributed by atoms with Crippen LogP contribution in [0.4, 0.5) is 0 Å². The third kappa shape index (κ3) is 1.49. The molecule has 2 atom stereocenters. The number of nitriles is 1. The van der Waals surface area contributed by atoms with E-state index in [4.69, 9.17) is 0 Å². The predicted molar refractivity (Wildman–Crippen MR) is 56.5 cm³/mol. The monoisotopic (exact) mass is 191 g/mol. The molecule has 1 aliphatic rings. The van der Waals surface area contributed by atoms with E-state index in [-0.39, 0.29) is 0 Å². The van der Waals surface area contributed by atoms with Crippen molar-refractivity contribution in [3.05, 3.63) is 25.3 Å². The topological polar surface area (TPSA) is 44.0 Å². The molecule has 1 fully saturated rings. The fraction of sp³-hybridized carbons (Fsp3) is 0.583. The number of rotatable bonds is 3. The highest BCUT2D eigenvalue weighted by molar-refractivity contribution is 5.20. The van der Waals surface area contributed by atoms with Gasteiger partial charge in [0.1, 0.15) is 5.60 Å². The average molecular weight is 191 g/mol. The van der Waals surface area contributed by atoms with Gasteiger partial charge in [-0.25, -0.2) is 0 Å². The molecule has 2 heteroatoms. The second kappa shape index (κ2) is 3.98. The van der Waals surface area contributed by atoms with Gasteiger partial charge in [0.05, 0.1) is 11.5 Å². The minimum absolute atomic E-state index is 0.534. The first-order valence-corrected chi connectivity index (χ1v) is 5.02. The van der Waals surface area contributed by atoms with E-state index in [0.717, 1.165) is 19.3 Å². The van der Waals surface area contributed by atoms with Crippen LogP contribution in [0.25, 0.3) is 0 Å². The first kappa shape index (κ1) is 11.0. The standard InChI is InChI=1S/C12H17NO/c1-3-7-11(10-13)8-5-6-9-12(11,14)4-2/h3-4,14H,1-2,5-9H2/t11-,12+/m0/s1. The Balaban J connectivity index is 3.06. The van der Waals surface area contributed by atoms with E-state index in [1.165, 1.54) is 6.08 Å². The Bertz CT molecular complexity index is 279. The fourth-order valence-corrected chi connectivity index (χ4v) is 2.30. The van der Waals surface area contributed by atoms with Crippen molar-refractivity contribution in [2.45, 2.75) is 37.7 Å². The van der Waals surface area contributed by atoms with Gasteiger partial charge in [-0.15, -0.1) is 13.2 Å². The maximum Gasteiger partial charge on any atom is 0.101 e. The van der Waals surface area contributed by atoms with E-state index in [2.05, 4.69) is 19.2 Å². The molecule has 2 nitrogen and oxygen atoms in total. The summed E-state index contributed by atoms with van der Waals surface area (Å²) in [5, 5.41) is 19.6. The average Bonchev–Trinajstić information content (AvgIpc) is 2.22. The summed E-state index contributed by atoms with van der Waals surface area (Å²) in [4.78, 5) is 0. The van der Waals surface area contributed by atoms with Gasteiger partial charge in [-0.2, -0.15) is 5.26 Å². The highest BCUT2D eigenvalue weighted by atomic mass is 16.3. The molecule has 1 aliphatic carbocycles. The summed E-state index contributed by atoms with van der Waals surface area (Å²) >= 11 is 0. The Morgan fingerprint density at radius 3 is 2.50 bits per heavy atom. The molecule has 14 heavy (non-hydrogen) atoms. The molecule has 0 aliphatic heterocycles. The first-order chi connectivity index (χ1) is 6.64. The minimum atomic E-state index is -1.03. The smallest absolute Gasteiger partial charge is 0.101 e. The Morgan fingerprint density at radius 1 is 1.36 bits per heavy atom. The SMILES string of the molecule is C=CC[C@@]1(C#N)CCCC[C@]1(O)C=C. The van der Waals surface area contributed by atoms with Crippen molar-refractivity contribution in [3.8, 4) is 6.07 Å². The summed E-state index contributed by atoms with van der Waals surface area (Å²) in [6.07, 6.45) is 7.10. The summed E-state index contributed by atoms with van der Waals surface area (Å²) in [6, 6.07) is 2.27. The normalized spacial score (nSPS) is 37.1. The second-order valence-corrected chi connectivity index (χ2v) is 4.02. The Kier molecular flexibility index (Phi) is 3.13. The lowest BCUT2D eigenvalue weighted by Gasteiger charge is -2.44. The number of aliphatic hydroxyl groups is 1. The van der Waals surface area contributed by atoms with E-state index < -0.39 is 11.0 Å². The molecule has 1 rings (SSSR count). The van der Waals surface area contributed by atoms with Crippen molar-refractivity contribution in [2.75, 3.05) is 0 Å². The van der Waals surface area contributed by atoms with Crippen molar-refractivity contribution in [1.29, 1.82) is 5.26 Å². The zero-order valence-electron chi connectivity index (χ0n) is 8.50. The van der Waals surface area contributed by atoms with Crippen LogP contribution in [0.3, 0.4) is 0 Å². The van der Waals surface area contributed by atoms with Crippen molar-refractivity contribution in [3.63, 3.8) is 0 Å². The van der Waals surface area contributed by atoms with Crippen LogP contribution in [0.5, 0.6) is 0 Å². The lowest BCUT2D eigenvalue weighted by molar-refractivity contribution is -0.0430. The highest BCUT2D eigenvalue weighted by Gasteiger charge is 2.49. The molecule has 0 aromatic rings. The largest absolute Gasteiger partial charge is 0.384 e. The highest BCUT2D eigenvalue weighted by Crippen LogP contribution is 2.47. The van der Waals surface area contributed by atoms with Gasteiger partial charge in [0.2, 0.25) is 0 Å². The third-order valence-electron chi connectivity index (χ3n) is 3.28.